The van der Waals surface area contributed by atoms with E-state index in [0.717, 1.165) is 38.6 Å². The van der Waals surface area contributed by atoms with Crippen molar-refractivity contribution in [1.82, 2.24) is 4.90 Å². The molecular weight excluding hydrogens is 226 g/mol. The third kappa shape index (κ3) is 2.87. The van der Waals surface area contributed by atoms with E-state index in [0.29, 0.717) is 11.9 Å². The van der Waals surface area contributed by atoms with Gasteiger partial charge in [-0.1, -0.05) is 26.2 Å². The van der Waals surface area contributed by atoms with E-state index in [4.69, 9.17) is 5.11 Å². The molecule has 0 unspecified atom stereocenters. The molecule has 2 fully saturated rings. The van der Waals surface area contributed by atoms with Crippen LogP contribution in [0.2, 0.25) is 0 Å². The predicted octanol–water partition coefficient (Wildman–Crippen LogP) is 2.72. The van der Waals surface area contributed by atoms with Gasteiger partial charge in [0.05, 0.1) is 0 Å². The fraction of sp³-hybridized carbons (Fsp3) is 0.933. The van der Waals surface area contributed by atoms with Gasteiger partial charge in [-0.2, -0.15) is 0 Å². The highest BCUT2D eigenvalue weighted by Gasteiger charge is 2.40. The summed E-state index contributed by atoms with van der Waals surface area (Å²) in [5.41, 5.74) is -0.122. The molecule has 0 radical (unpaired) electrons. The van der Waals surface area contributed by atoms with Crippen molar-refractivity contribution < 1.29 is 9.90 Å². The van der Waals surface area contributed by atoms with Gasteiger partial charge in [0.1, 0.15) is 0 Å². The summed E-state index contributed by atoms with van der Waals surface area (Å²) in [6, 6.07) is 0.461. The van der Waals surface area contributed by atoms with Crippen molar-refractivity contribution in [2.75, 3.05) is 13.2 Å². The van der Waals surface area contributed by atoms with E-state index >= 15 is 0 Å². The molecule has 0 saturated heterocycles. The minimum Gasteiger partial charge on any atom is -0.396 e. The van der Waals surface area contributed by atoms with E-state index in [1.807, 2.05) is 0 Å². The fourth-order valence-corrected chi connectivity index (χ4v) is 3.28. The second-order valence-electron chi connectivity index (χ2n) is 6.28. The average Bonchev–Trinajstić information content (AvgIpc) is 2.32. The number of hydrogen-bond acceptors (Lipinski definition) is 2. The van der Waals surface area contributed by atoms with Crippen molar-refractivity contribution in [1.29, 1.82) is 0 Å². The summed E-state index contributed by atoms with van der Waals surface area (Å²) in [6.45, 7) is 3.09. The molecule has 0 atom stereocenters. The van der Waals surface area contributed by atoms with Crippen LogP contribution >= 0.6 is 0 Å². The Hall–Kier alpha value is -0.570. The summed E-state index contributed by atoms with van der Waals surface area (Å²) in [4.78, 5) is 14.9. The molecule has 2 aliphatic rings. The Bertz CT molecular complexity index is 280. The van der Waals surface area contributed by atoms with Crippen LogP contribution in [0.5, 0.6) is 0 Å². The van der Waals surface area contributed by atoms with E-state index in [2.05, 4.69) is 11.8 Å². The van der Waals surface area contributed by atoms with Crippen molar-refractivity contribution in [2.24, 2.45) is 5.41 Å². The zero-order valence-corrected chi connectivity index (χ0v) is 11.7. The number of aliphatic hydroxyl groups excluding tert-OH is 1. The lowest BCUT2D eigenvalue weighted by molar-refractivity contribution is -0.147. The first kappa shape index (κ1) is 13.9. The Kier molecular flexibility index (Phi) is 4.66. The third-order valence-electron chi connectivity index (χ3n) is 4.81. The van der Waals surface area contributed by atoms with Crippen LogP contribution in [0.3, 0.4) is 0 Å². The van der Waals surface area contributed by atoms with E-state index in [1.54, 1.807) is 0 Å². The quantitative estimate of drug-likeness (QED) is 0.818. The van der Waals surface area contributed by atoms with Gasteiger partial charge in [0.2, 0.25) is 5.91 Å². The van der Waals surface area contributed by atoms with Crippen LogP contribution < -0.4 is 0 Å². The van der Waals surface area contributed by atoms with Crippen molar-refractivity contribution in [2.45, 2.75) is 70.8 Å². The summed E-state index contributed by atoms with van der Waals surface area (Å²) < 4.78 is 0. The van der Waals surface area contributed by atoms with Gasteiger partial charge in [0, 0.05) is 24.6 Å². The first-order valence-electron chi connectivity index (χ1n) is 7.59. The van der Waals surface area contributed by atoms with Gasteiger partial charge in [0.15, 0.2) is 0 Å². The van der Waals surface area contributed by atoms with Crippen LogP contribution in [0.4, 0.5) is 0 Å². The third-order valence-corrected chi connectivity index (χ3v) is 4.81. The van der Waals surface area contributed by atoms with Crippen LogP contribution in [0.25, 0.3) is 0 Å². The zero-order chi connectivity index (χ0) is 13.0. The van der Waals surface area contributed by atoms with Crippen LogP contribution in [0.1, 0.15) is 64.7 Å². The number of amides is 1. The average molecular weight is 253 g/mol. The monoisotopic (exact) mass is 253 g/mol. The maximum atomic E-state index is 12.8. The van der Waals surface area contributed by atoms with Crippen LogP contribution in [0, 0.1) is 5.41 Å². The maximum Gasteiger partial charge on any atom is 0.228 e. The highest BCUT2D eigenvalue weighted by molar-refractivity contribution is 5.82. The molecule has 3 heteroatoms. The van der Waals surface area contributed by atoms with Gasteiger partial charge in [-0.3, -0.25) is 4.79 Å². The zero-order valence-electron chi connectivity index (χ0n) is 11.7. The minimum absolute atomic E-state index is 0.122. The number of carbonyl (C=O) groups excluding carboxylic acids is 1. The summed E-state index contributed by atoms with van der Waals surface area (Å²) in [6.07, 6.45) is 10.1. The van der Waals surface area contributed by atoms with Gasteiger partial charge < -0.3 is 10.0 Å². The molecule has 0 spiro atoms. The molecular formula is C15H27NO2. The molecule has 0 aromatic rings. The van der Waals surface area contributed by atoms with Crippen LogP contribution in [0.15, 0.2) is 0 Å². The normalized spacial score (nSPS) is 23.4. The van der Waals surface area contributed by atoms with Gasteiger partial charge in [-0.25, -0.2) is 0 Å². The van der Waals surface area contributed by atoms with Crippen molar-refractivity contribution >= 4 is 5.91 Å². The molecule has 1 N–H and O–H groups in total. The SMILES string of the molecule is CC1(C(=O)N(CCCO)C2CCC2)CCCCC1. The maximum absolute atomic E-state index is 12.8. The fourth-order valence-electron chi connectivity index (χ4n) is 3.28. The Morgan fingerprint density at radius 3 is 2.39 bits per heavy atom. The van der Waals surface area contributed by atoms with E-state index < -0.39 is 0 Å². The molecule has 104 valence electrons. The van der Waals surface area contributed by atoms with E-state index in [-0.39, 0.29) is 12.0 Å². The van der Waals surface area contributed by atoms with Gasteiger partial charge in [-0.05, 0) is 38.5 Å². The summed E-state index contributed by atoms with van der Waals surface area (Å²) in [5, 5.41) is 9.01. The molecule has 2 saturated carbocycles. The summed E-state index contributed by atoms with van der Waals surface area (Å²) >= 11 is 0. The Balaban J connectivity index is 2.01. The molecule has 18 heavy (non-hydrogen) atoms. The smallest absolute Gasteiger partial charge is 0.228 e. The number of rotatable bonds is 5. The van der Waals surface area contributed by atoms with Crippen molar-refractivity contribution in [3.63, 3.8) is 0 Å². The summed E-state index contributed by atoms with van der Waals surface area (Å²) in [5.74, 6) is 0.361. The lowest BCUT2D eigenvalue weighted by Gasteiger charge is -2.44. The summed E-state index contributed by atoms with van der Waals surface area (Å²) in [7, 11) is 0. The topological polar surface area (TPSA) is 40.5 Å². The standard InChI is InChI=1S/C15H27NO2/c1-15(9-3-2-4-10-15)14(18)16(11-6-12-17)13-7-5-8-13/h13,17H,2-12H2,1H3. The minimum atomic E-state index is -0.122. The molecule has 0 heterocycles. The molecule has 0 aromatic carbocycles. The highest BCUT2D eigenvalue weighted by atomic mass is 16.3. The largest absolute Gasteiger partial charge is 0.396 e. The number of carbonyl (C=O) groups is 1. The van der Waals surface area contributed by atoms with Gasteiger partial charge >= 0.3 is 0 Å². The molecule has 0 bridgehead atoms. The van der Waals surface area contributed by atoms with Gasteiger partial charge in [-0.15, -0.1) is 0 Å². The van der Waals surface area contributed by atoms with E-state index in [9.17, 15) is 4.79 Å². The van der Waals surface area contributed by atoms with Crippen molar-refractivity contribution in [3.05, 3.63) is 0 Å². The van der Waals surface area contributed by atoms with Crippen molar-refractivity contribution in [3.8, 4) is 0 Å². The van der Waals surface area contributed by atoms with Gasteiger partial charge in [0.25, 0.3) is 0 Å². The molecule has 1 amide bonds. The molecule has 2 rings (SSSR count). The number of hydrogen-bond donors (Lipinski definition) is 1. The molecule has 0 aromatic heterocycles. The number of aliphatic hydroxyl groups is 1. The Labute approximate surface area is 111 Å². The van der Waals surface area contributed by atoms with Crippen LogP contribution in [-0.2, 0) is 4.79 Å². The first-order chi connectivity index (χ1) is 8.67. The molecule has 3 nitrogen and oxygen atoms in total. The van der Waals surface area contributed by atoms with E-state index in [1.165, 1.54) is 25.7 Å². The highest BCUT2D eigenvalue weighted by Crippen LogP contribution is 2.39. The molecule has 2 aliphatic carbocycles. The lowest BCUT2D eigenvalue weighted by atomic mass is 9.74. The Morgan fingerprint density at radius 2 is 1.89 bits per heavy atom. The predicted molar refractivity (Wildman–Crippen MR) is 72.2 cm³/mol. The second kappa shape index (κ2) is 6.05. The van der Waals surface area contributed by atoms with Crippen LogP contribution in [-0.4, -0.2) is 35.1 Å². The first-order valence-corrected chi connectivity index (χ1v) is 7.59. The number of nitrogens with zero attached hydrogens (tertiary/aromatic N) is 1. The molecule has 0 aliphatic heterocycles. The second-order valence-corrected chi connectivity index (χ2v) is 6.28. The lowest BCUT2D eigenvalue weighted by Crippen LogP contribution is -2.51. The Morgan fingerprint density at radius 1 is 1.22 bits per heavy atom.